The van der Waals surface area contributed by atoms with Crippen LogP contribution in [0.1, 0.15) is 43.7 Å². The van der Waals surface area contributed by atoms with Crippen LogP contribution in [0.5, 0.6) is 5.88 Å². The predicted octanol–water partition coefficient (Wildman–Crippen LogP) is 1.50. The number of aromatic nitrogens is 4. The van der Waals surface area contributed by atoms with E-state index in [0.717, 1.165) is 6.07 Å². The third-order valence-corrected chi connectivity index (χ3v) is 6.15. The molecule has 15 nitrogen and oxygen atoms in total. The lowest BCUT2D eigenvalue weighted by atomic mass is 10.1. The van der Waals surface area contributed by atoms with E-state index >= 15 is 0 Å². The molecule has 4 atom stereocenters. The summed E-state index contributed by atoms with van der Waals surface area (Å²) in [6.07, 6.45) is -7.18. The number of carbonyl (C=O) groups excluding carboxylic acids is 2. The Kier molecular flexibility index (Phi) is 9.08. The van der Waals surface area contributed by atoms with Crippen molar-refractivity contribution in [3.05, 3.63) is 45.8 Å². The largest absolute Gasteiger partial charge is 0.471 e. The summed E-state index contributed by atoms with van der Waals surface area (Å²) in [6.45, 7) is 1.67. The third kappa shape index (κ3) is 7.14. The number of hydrogen-bond donors (Lipinski definition) is 4. The second kappa shape index (κ2) is 12.6. The summed E-state index contributed by atoms with van der Waals surface area (Å²) in [7, 11) is 0. The third-order valence-electron chi connectivity index (χ3n) is 6.15. The normalized spacial score (nSPS) is 18.9. The number of nitrogens with zero attached hydrogens (tertiary/aromatic N) is 5. The van der Waals surface area contributed by atoms with Gasteiger partial charge in [0.05, 0.1) is 36.1 Å². The van der Waals surface area contributed by atoms with Gasteiger partial charge in [-0.2, -0.15) is 23.1 Å². The Morgan fingerprint density at radius 1 is 1.35 bits per heavy atom. The van der Waals surface area contributed by atoms with E-state index in [-0.39, 0.29) is 40.5 Å². The van der Waals surface area contributed by atoms with Crippen LogP contribution in [0.2, 0.25) is 0 Å². The zero-order chi connectivity index (χ0) is 31.5. The second-order valence-corrected chi connectivity index (χ2v) is 9.25. The fraction of sp³-hybridized carbons (Fsp3) is 0.400. The van der Waals surface area contributed by atoms with Gasteiger partial charge in [-0.15, -0.1) is 0 Å². The average Bonchev–Trinajstić information content (AvgIpc) is 3.52. The van der Waals surface area contributed by atoms with E-state index < -0.39 is 66.3 Å². The molecule has 2 amide bonds. The second-order valence-electron chi connectivity index (χ2n) is 9.25. The quantitative estimate of drug-likeness (QED) is 0.164. The summed E-state index contributed by atoms with van der Waals surface area (Å²) < 4.78 is 50.0. The number of anilines is 1. The smallest absolute Gasteiger partial charge is 0.468 e. The van der Waals surface area contributed by atoms with Gasteiger partial charge in [-0.25, -0.2) is 4.98 Å². The SMILES string of the molecule is CC(=O)Nc1nc(OC(C)c2ccc(C#CCNC(=O)C(F)(F)F)cc2[N+](=O)[O-])c2ncn([C@H]3C[C@@H](O)[C@@H](CO)O3)c2n1. The molecule has 3 heterocycles. The highest BCUT2D eigenvalue weighted by Gasteiger charge is 2.38. The number of alkyl halides is 3. The van der Waals surface area contributed by atoms with E-state index in [0.29, 0.717) is 0 Å². The van der Waals surface area contributed by atoms with E-state index in [9.17, 15) is 43.1 Å². The molecule has 1 saturated heterocycles. The van der Waals surface area contributed by atoms with Gasteiger partial charge in [0.15, 0.2) is 11.2 Å². The van der Waals surface area contributed by atoms with Gasteiger partial charge in [0.2, 0.25) is 17.7 Å². The Bertz CT molecular complexity index is 1620. The predicted molar refractivity (Wildman–Crippen MR) is 139 cm³/mol. The van der Waals surface area contributed by atoms with Crippen molar-refractivity contribution >= 4 is 34.6 Å². The summed E-state index contributed by atoms with van der Waals surface area (Å²) in [5.41, 5.74) is 0.0214. The molecular weight excluding hydrogens is 583 g/mol. The highest BCUT2D eigenvalue weighted by Crippen LogP contribution is 2.35. The van der Waals surface area contributed by atoms with Crippen molar-refractivity contribution in [1.29, 1.82) is 0 Å². The fourth-order valence-electron chi connectivity index (χ4n) is 4.17. The van der Waals surface area contributed by atoms with Gasteiger partial charge in [-0.1, -0.05) is 11.8 Å². The standard InChI is InChI=1S/C25H24F3N7O8/c1-12(15-6-5-14(8-16(15)35(40)41)4-3-7-29-23(39)25(26,27)28)42-22-20-21(32-24(33-22)31-13(2)37)34(11-30-20)19-9-17(38)18(10-36)43-19/h5-6,8,11-12,17-19,36,38H,7,9-10H2,1-2H3,(H,29,39)(H,31,32,33,37)/t12?,17-,18-,19-/m1/s1. The number of nitro groups is 1. The van der Waals surface area contributed by atoms with Crippen molar-refractivity contribution in [1.82, 2.24) is 24.8 Å². The Balaban J connectivity index is 1.62. The maximum atomic E-state index is 12.3. The maximum Gasteiger partial charge on any atom is 0.471 e. The molecule has 1 unspecified atom stereocenters. The minimum absolute atomic E-state index is 0.0845. The number of aliphatic hydroxyl groups excluding tert-OH is 2. The number of hydrogen-bond acceptors (Lipinski definition) is 11. The van der Waals surface area contributed by atoms with Crippen molar-refractivity contribution in [2.24, 2.45) is 0 Å². The summed E-state index contributed by atoms with van der Waals surface area (Å²) in [5, 5.41) is 35.4. The number of imidazole rings is 1. The molecule has 18 heteroatoms. The molecule has 1 aliphatic heterocycles. The molecule has 0 aliphatic carbocycles. The molecule has 1 aromatic carbocycles. The van der Waals surface area contributed by atoms with Crippen LogP contribution < -0.4 is 15.4 Å². The molecule has 43 heavy (non-hydrogen) atoms. The lowest BCUT2D eigenvalue weighted by Gasteiger charge is -2.17. The Morgan fingerprint density at radius 3 is 2.72 bits per heavy atom. The minimum atomic E-state index is -5.07. The van der Waals surface area contributed by atoms with Crippen LogP contribution in [0, 0.1) is 22.0 Å². The van der Waals surface area contributed by atoms with Crippen LogP contribution in [0.15, 0.2) is 24.5 Å². The average molecular weight is 608 g/mol. The summed E-state index contributed by atoms with van der Waals surface area (Å²) in [6, 6.07) is 3.82. The number of carbonyl (C=O) groups is 2. The maximum absolute atomic E-state index is 12.3. The number of ether oxygens (including phenoxy) is 2. The van der Waals surface area contributed by atoms with Gasteiger partial charge in [-0.05, 0) is 19.1 Å². The van der Waals surface area contributed by atoms with Gasteiger partial charge >= 0.3 is 12.1 Å². The van der Waals surface area contributed by atoms with Gasteiger partial charge in [0, 0.05) is 25.0 Å². The minimum Gasteiger partial charge on any atom is -0.468 e. The molecule has 1 aliphatic rings. The highest BCUT2D eigenvalue weighted by atomic mass is 19.4. The molecule has 1 fully saturated rings. The van der Waals surface area contributed by atoms with E-state index in [2.05, 4.69) is 32.1 Å². The van der Waals surface area contributed by atoms with Crippen LogP contribution >= 0.6 is 0 Å². The number of halogens is 3. The molecular formula is C25H24F3N7O8. The fourth-order valence-corrected chi connectivity index (χ4v) is 4.17. The number of rotatable bonds is 8. The first-order chi connectivity index (χ1) is 20.3. The molecule has 0 bridgehead atoms. The van der Waals surface area contributed by atoms with E-state index in [4.69, 9.17) is 9.47 Å². The Morgan fingerprint density at radius 2 is 2.09 bits per heavy atom. The van der Waals surface area contributed by atoms with Crippen molar-refractivity contribution in [2.45, 2.75) is 51.0 Å². The van der Waals surface area contributed by atoms with Gasteiger partial charge in [0.25, 0.3) is 5.69 Å². The van der Waals surface area contributed by atoms with Crippen LogP contribution in [-0.4, -0.2) is 78.0 Å². The van der Waals surface area contributed by atoms with Crippen LogP contribution in [0.25, 0.3) is 11.2 Å². The molecule has 228 valence electrons. The molecule has 3 aromatic rings. The molecule has 0 radical (unpaired) electrons. The van der Waals surface area contributed by atoms with E-state index in [1.807, 2.05) is 0 Å². The summed E-state index contributed by atoms with van der Waals surface area (Å²) in [5.74, 6) is 1.78. The Labute approximate surface area is 240 Å². The number of nitrogens with one attached hydrogen (secondary N) is 2. The molecule has 0 saturated carbocycles. The monoisotopic (exact) mass is 607 g/mol. The first-order valence-electron chi connectivity index (χ1n) is 12.5. The zero-order valence-electron chi connectivity index (χ0n) is 22.5. The van der Waals surface area contributed by atoms with Crippen LogP contribution in [0.4, 0.5) is 24.8 Å². The number of nitro benzene ring substituents is 1. The van der Waals surface area contributed by atoms with E-state index in [1.165, 1.54) is 36.9 Å². The van der Waals surface area contributed by atoms with Gasteiger partial charge in [-0.3, -0.25) is 29.6 Å². The van der Waals surface area contributed by atoms with Crippen molar-refractivity contribution in [2.75, 3.05) is 18.5 Å². The molecule has 4 N–H and O–H groups in total. The van der Waals surface area contributed by atoms with Gasteiger partial charge < -0.3 is 25.0 Å². The molecule has 4 rings (SSSR count). The van der Waals surface area contributed by atoms with Crippen molar-refractivity contribution < 1.29 is 47.4 Å². The molecule has 2 aromatic heterocycles. The molecule has 0 spiro atoms. The topological polar surface area (TPSA) is 204 Å². The van der Waals surface area contributed by atoms with Crippen LogP contribution in [0.3, 0.4) is 0 Å². The van der Waals surface area contributed by atoms with E-state index in [1.54, 1.807) is 5.32 Å². The van der Waals surface area contributed by atoms with Crippen molar-refractivity contribution in [3.8, 4) is 17.7 Å². The van der Waals surface area contributed by atoms with Crippen molar-refractivity contribution in [3.63, 3.8) is 0 Å². The highest BCUT2D eigenvalue weighted by molar-refractivity contribution is 5.88. The first-order valence-corrected chi connectivity index (χ1v) is 12.5. The summed E-state index contributed by atoms with van der Waals surface area (Å²) in [4.78, 5) is 46.5. The number of aliphatic hydroxyl groups is 2. The lowest BCUT2D eigenvalue weighted by molar-refractivity contribution is -0.386. The Hall–Kier alpha value is -4.86. The first kappa shape index (κ1) is 31.1. The number of fused-ring (bicyclic) bond motifs is 1. The van der Waals surface area contributed by atoms with Gasteiger partial charge in [0.1, 0.15) is 18.4 Å². The number of amides is 2. The lowest BCUT2D eigenvalue weighted by Crippen LogP contribution is -2.36. The number of benzene rings is 1. The van der Waals surface area contributed by atoms with Crippen LogP contribution in [-0.2, 0) is 14.3 Å². The summed E-state index contributed by atoms with van der Waals surface area (Å²) >= 11 is 0. The zero-order valence-corrected chi connectivity index (χ0v) is 22.5.